The van der Waals surface area contributed by atoms with Crippen LogP contribution in [0.3, 0.4) is 0 Å². The van der Waals surface area contributed by atoms with Crippen molar-refractivity contribution in [3.8, 4) is 5.75 Å². The second kappa shape index (κ2) is 6.10. The number of carboxylic acid groups (broad SMARTS) is 1. The minimum Gasteiger partial charge on any atom is -0.492 e. The molecule has 17 heavy (non-hydrogen) atoms. The SMILES string of the molecule is COC(=O)CCOc1ccc(Cl)cc1C(=O)O. The van der Waals surface area contributed by atoms with Gasteiger partial charge < -0.3 is 14.6 Å². The molecule has 0 aromatic heterocycles. The molecule has 0 unspecified atom stereocenters. The highest BCUT2D eigenvalue weighted by Crippen LogP contribution is 2.23. The predicted octanol–water partition coefficient (Wildman–Crippen LogP) is 1.98. The number of halogens is 1. The lowest BCUT2D eigenvalue weighted by Crippen LogP contribution is -2.09. The fraction of sp³-hybridized carbons (Fsp3) is 0.273. The topological polar surface area (TPSA) is 72.8 Å². The fourth-order valence-electron chi connectivity index (χ4n) is 1.14. The van der Waals surface area contributed by atoms with Crippen LogP contribution in [0.5, 0.6) is 5.75 Å². The molecule has 0 atom stereocenters. The van der Waals surface area contributed by atoms with Crippen LogP contribution in [0.2, 0.25) is 5.02 Å². The van der Waals surface area contributed by atoms with Crippen molar-refractivity contribution in [2.24, 2.45) is 0 Å². The van der Waals surface area contributed by atoms with Gasteiger partial charge in [-0.2, -0.15) is 0 Å². The van der Waals surface area contributed by atoms with Gasteiger partial charge in [0.1, 0.15) is 11.3 Å². The molecule has 0 heterocycles. The number of esters is 1. The third-order valence-corrected chi connectivity index (χ3v) is 2.20. The molecule has 1 aromatic carbocycles. The van der Waals surface area contributed by atoms with Crippen molar-refractivity contribution < 1.29 is 24.2 Å². The molecule has 0 aliphatic heterocycles. The summed E-state index contributed by atoms with van der Waals surface area (Å²) >= 11 is 5.67. The largest absolute Gasteiger partial charge is 0.492 e. The lowest BCUT2D eigenvalue weighted by Gasteiger charge is -2.08. The van der Waals surface area contributed by atoms with Crippen LogP contribution in [0, 0.1) is 0 Å². The molecule has 1 N–H and O–H groups in total. The minimum atomic E-state index is -1.14. The second-order valence-electron chi connectivity index (χ2n) is 3.12. The zero-order valence-electron chi connectivity index (χ0n) is 9.10. The average Bonchev–Trinajstić information content (AvgIpc) is 2.30. The van der Waals surface area contributed by atoms with E-state index in [-0.39, 0.29) is 24.3 Å². The Balaban J connectivity index is 2.70. The first kappa shape index (κ1) is 13.3. The molecule has 92 valence electrons. The summed E-state index contributed by atoms with van der Waals surface area (Å²) in [5.74, 6) is -1.39. The van der Waals surface area contributed by atoms with Gasteiger partial charge in [-0.15, -0.1) is 0 Å². The van der Waals surface area contributed by atoms with Gasteiger partial charge in [-0.1, -0.05) is 11.6 Å². The van der Waals surface area contributed by atoms with Crippen molar-refractivity contribution in [2.75, 3.05) is 13.7 Å². The van der Waals surface area contributed by atoms with E-state index in [2.05, 4.69) is 4.74 Å². The molecule has 0 saturated carbocycles. The number of hydrogen-bond donors (Lipinski definition) is 1. The number of carbonyl (C=O) groups is 2. The van der Waals surface area contributed by atoms with E-state index in [1.165, 1.54) is 25.3 Å². The predicted molar refractivity (Wildman–Crippen MR) is 60.5 cm³/mol. The Morgan fingerprint density at radius 2 is 2.12 bits per heavy atom. The van der Waals surface area contributed by atoms with Gasteiger partial charge in [-0.3, -0.25) is 4.79 Å². The highest BCUT2D eigenvalue weighted by Gasteiger charge is 2.12. The molecule has 0 bridgehead atoms. The molecule has 0 amide bonds. The highest BCUT2D eigenvalue weighted by atomic mass is 35.5. The summed E-state index contributed by atoms with van der Waals surface area (Å²) in [4.78, 5) is 21.7. The number of ether oxygens (including phenoxy) is 2. The zero-order valence-corrected chi connectivity index (χ0v) is 9.86. The average molecular weight is 259 g/mol. The summed E-state index contributed by atoms with van der Waals surface area (Å²) in [5, 5.41) is 9.22. The van der Waals surface area contributed by atoms with E-state index in [0.29, 0.717) is 5.02 Å². The molecule has 5 nitrogen and oxygen atoms in total. The molecule has 1 aromatic rings. The molecule has 0 radical (unpaired) electrons. The van der Waals surface area contributed by atoms with Gasteiger partial charge in [-0.05, 0) is 18.2 Å². The van der Waals surface area contributed by atoms with Gasteiger partial charge in [0.25, 0.3) is 0 Å². The Kier molecular flexibility index (Phi) is 4.78. The molecule has 1 rings (SSSR count). The van der Waals surface area contributed by atoms with Crippen molar-refractivity contribution in [1.29, 1.82) is 0 Å². The van der Waals surface area contributed by atoms with Gasteiger partial charge in [0.2, 0.25) is 0 Å². The summed E-state index contributed by atoms with van der Waals surface area (Å²) in [6, 6.07) is 4.25. The van der Waals surface area contributed by atoms with Crippen LogP contribution < -0.4 is 4.74 Å². The van der Waals surface area contributed by atoms with Gasteiger partial charge in [0, 0.05) is 5.02 Å². The number of rotatable bonds is 5. The van der Waals surface area contributed by atoms with Gasteiger partial charge in [-0.25, -0.2) is 4.79 Å². The summed E-state index contributed by atoms with van der Waals surface area (Å²) in [5.41, 5.74) is -0.0395. The second-order valence-corrected chi connectivity index (χ2v) is 3.56. The first-order valence-electron chi connectivity index (χ1n) is 4.77. The normalized spacial score (nSPS) is 9.76. The standard InChI is InChI=1S/C11H11ClO5/c1-16-10(13)4-5-17-9-3-2-7(12)6-8(9)11(14)15/h2-3,6H,4-5H2,1H3,(H,14,15). The molecule has 0 aliphatic carbocycles. The quantitative estimate of drug-likeness (QED) is 0.818. The number of carbonyl (C=O) groups excluding carboxylic acids is 1. The third kappa shape index (κ3) is 3.96. The third-order valence-electron chi connectivity index (χ3n) is 1.96. The number of aromatic carboxylic acids is 1. The summed E-state index contributed by atoms with van der Waals surface area (Å²) in [6.07, 6.45) is 0.0538. The van der Waals surface area contributed by atoms with E-state index in [0.717, 1.165) is 0 Å². The van der Waals surface area contributed by atoms with Crippen molar-refractivity contribution in [3.63, 3.8) is 0 Å². The van der Waals surface area contributed by atoms with Gasteiger partial charge in [0.05, 0.1) is 20.1 Å². The number of carboxylic acids is 1. The van der Waals surface area contributed by atoms with Crippen LogP contribution in [0.1, 0.15) is 16.8 Å². The van der Waals surface area contributed by atoms with Crippen LogP contribution in [0.15, 0.2) is 18.2 Å². The molecule has 6 heteroatoms. The molecule has 0 saturated heterocycles. The maximum atomic E-state index is 10.9. The maximum Gasteiger partial charge on any atom is 0.339 e. The molecule has 0 aliphatic rings. The van der Waals surface area contributed by atoms with Crippen LogP contribution in [-0.2, 0) is 9.53 Å². The Labute approximate surface area is 103 Å². The van der Waals surface area contributed by atoms with Crippen molar-refractivity contribution in [1.82, 2.24) is 0 Å². The molecule has 0 fully saturated rings. The van der Waals surface area contributed by atoms with Crippen molar-refractivity contribution in [3.05, 3.63) is 28.8 Å². The van der Waals surface area contributed by atoms with E-state index >= 15 is 0 Å². The van der Waals surface area contributed by atoms with Crippen LogP contribution in [-0.4, -0.2) is 30.8 Å². The Morgan fingerprint density at radius 3 is 2.71 bits per heavy atom. The van der Waals surface area contributed by atoms with E-state index in [9.17, 15) is 9.59 Å². The zero-order chi connectivity index (χ0) is 12.8. The lowest BCUT2D eigenvalue weighted by atomic mass is 10.2. The van der Waals surface area contributed by atoms with E-state index in [4.69, 9.17) is 21.4 Å². The molecule has 0 spiro atoms. The Morgan fingerprint density at radius 1 is 1.41 bits per heavy atom. The van der Waals surface area contributed by atoms with Crippen molar-refractivity contribution >= 4 is 23.5 Å². The van der Waals surface area contributed by atoms with Gasteiger partial charge in [0.15, 0.2) is 0 Å². The monoisotopic (exact) mass is 258 g/mol. The maximum absolute atomic E-state index is 10.9. The van der Waals surface area contributed by atoms with Crippen LogP contribution in [0.25, 0.3) is 0 Å². The lowest BCUT2D eigenvalue weighted by molar-refractivity contribution is -0.141. The number of methoxy groups -OCH3 is 1. The molecular weight excluding hydrogens is 248 g/mol. The summed E-state index contributed by atoms with van der Waals surface area (Å²) in [7, 11) is 1.27. The first-order chi connectivity index (χ1) is 8.04. The first-order valence-corrected chi connectivity index (χ1v) is 5.15. The van der Waals surface area contributed by atoms with Crippen LogP contribution >= 0.6 is 11.6 Å². The number of hydrogen-bond acceptors (Lipinski definition) is 4. The van der Waals surface area contributed by atoms with E-state index in [1.54, 1.807) is 0 Å². The van der Waals surface area contributed by atoms with Crippen molar-refractivity contribution in [2.45, 2.75) is 6.42 Å². The van der Waals surface area contributed by atoms with E-state index < -0.39 is 11.9 Å². The Hall–Kier alpha value is -1.75. The minimum absolute atomic E-state index is 0.0395. The highest BCUT2D eigenvalue weighted by molar-refractivity contribution is 6.31. The van der Waals surface area contributed by atoms with Crippen LogP contribution in [0.4, 0.5) is 0 Å². The summed E-state index contributed by atoms with van der Waals surface area (Å²) < 4.78 is 9.61. The summed E-state index contributed by atoms with van der Waals surface area (Å²) in [6.45, 7) is 0.0502. The number of benzene rings is 1. The Bertz CT molecular complexity index is 430. The van der Waals surface area contributed by atoms with E-state index in [1.807, 2.05) is 0 Å². The fourth-order valence-corrected chi connectivity index (χ4v) is 1.31. The molecular formula is C11H11ClO5. The smallest absolute Gasteiger partial charge is 0.339 e. The van der Waals surface area contributed by atoms with Gasteiger partial charge >= 0.3 is 11.9 Å².